The van der Waals surface area contributed by atoms with Gasteiger partial charge in [-0.15, -0.1) is 0 Å². The molecule has 1 nitrogen and oxygen atoms in total. The average molecular weight is 302 g/mol. The zero-order valence-corrected chi connectivity index (χ0v) is 9.46. The van der Waals surface area contributed by atoms with Crippen LogP contribution in [0.15, 0.2) is 6.07 Å². The van der Waals surface area contributed by atoms with Gasteiger partial charge >= 0.3 is 0 Å². The van der Waals surface area contributed by atoms with Gasteiger partial charge in [0, 0.05) is 0 Å². The van der Waals surface area contributed by atoms with Gasteiger partial charge in [0.15, 0.2) is 0 Å². The maximum absolute atomic E-state index is 5.91. The number of benzene rings is 1. The molecule has 2 N–H and O–H groups in total. The topological polar surface area (TPSA) is 26.0 Å². The lowest BCUT2D eigenvalue weighted by molar-refractivity contribution is 1.45. The second kappa shape index (κ2) is 3.37. The Morgan fingerprint density at radius 2 is 2.00 bits per heavy atom. The number of aryl methyl sites for hydroxylation is 1. The van der Waals surface area contributed by atoms with Crippen molar-refractivity contribution >= 4 is 51.5 Å². The van der Waals surface area contributed by atoms with E-state index in [0.717, 1.165) is 9.13 Å². The molecule has 0 aliphatic rings. The van der Waals surface area contributed by atoms with E-state index in [-0.39, 0.29) is 0 Å². The predicted molar refractivity (Wildman–Crippen MR) is 58.3 cm³/mol. The molecule has 60 valence electrons. The van der Waals surface area contributed by atoms with Gasteiger partial charge in [-0.05, 0) is 41.1 Å². The minimum Gasteiger partial charge on any atom is -0.397 e. The number of nitrogens with two attached hydrogens (primary N) is 1. The van der Waals surface area contributed by atoms with Crippen molar-refractivity contribution in [2.45, 2.75) is 6.92 Å². The van der Waals surface area contributed by atoms with Crippen LogP contribution in [0.3, 0.4) is 0 Å². The Bertz CT molecular complexity index is 273. The summed E-state index contributed by atoms with van der Waals surface area (Å²) >= 11 is 13.8. The molecule has 0 bridgehead atoms. The zero-order valence-electron chi connectivity index (χ0n) is 5.79. The lowest BCUT2D eigenvalue weighted by Crippen LogP contribution is -1.93. The van der Waals surface area contributed by atoms with Gasteiger partial charge < -0.3 is 5.73 Å². The fraction of sp³-hybridized carbons (Fsp3) is 0.143. The molecule has 0 spiro atoms. The van der Waals surface area contributed by atoms with E-state index in [0.29, 0.717) is 15.7 Å². The van der Waals surface area contributed by atoms with Crippen molar-refractivity contribution in [2.75, 3.05) is 5.73 Å². The zero-order chi connectivity index (χ0) is 8.59. The van der Waals surface area contributed by atoms with Crippen molar-refractivity contribution in [2.24, 2.45) is 0 Å². The normalized spacial score (nSPS) is 10.2. The van der Waals surface area contributed by atoms with Gasteiger partial charge in [-0.1, -0.05) is 23.2 Å². The highest BCUT2D eigenvalue weighted by Crippen LogP contribution is 2.33. The Morgan fingerprint density at radius 3 is 2.55 bits per heavy atom. The van der Waals surface area contributed by atoms with E-state index in [1.165, 1.54) is 0 Å². The van der Waals surface area contributed by atoms with Crippen LogP contribution in [0, 0.1) is 10.5 Å². The number of rotatable bonds is 0. The van der Waals surface area contributed by atoms with Crippen LogP contribution in [0.1, 0.15) is 5.56 Å². The Labute approximate surface area is 89.0 Å². The number of hydrogen-bond donors (Lipinski definition) is 1. The Hall–Kier alpha value is 0.330. The quantitative estimate of drug-likeness (QED) is 0.443. The molecule has 0 radical (unpaired) electrons. The first-order valence-electron chi connectivity index (χ1n) is 2.93. The van der Waals surface area contributed by atoms with E-state index in [2.05, 4.69) is 22.6 Å². The number of halogens is 3. The van der Waals surface area contributed by atoms with Gasteiger partial charge in [0.1, 0.15) is 0 Å². The SMILES string of the molecule is Cc1cc(Cl)c(N)c(I)c1Cl. The third-order valence-corrected chi connectivity index (χ3v) is 3.62. The molecule has 1 rings (SSSR count). The summed E-state index contributed by atoms with van der Waals surface area (Å²) in [5, 5.41) is 1.25. The second-order valence-electron chi connectivity index (χ2n) is 2.22. The fourth-order valence-electron chi connectivity index (χ4n) is 0.727. The van der Waals surface area contributed by atoms with Crippen molar-refractivity contribution in [3.8, 4) is 0 Å². The molecule has 0 saturated heterocycles. The fourth-order valence-corrected chi connectivity index (χ4v) is 2.02. The molecule has 1 aromatic rings. The van der Waals surface area contributed by atoms with Crippen molar-refractivity contribution in [1.82, 2.24) is 0 Å². The molecule has 0 saturated carbocycles. The summed E-state index contributed by atoms with van der Waals surface area (Å²) in [5.41, 5.74) is 7.14. The maximum atomic E-state index is 5.91. The summed E-state index contributed by atoms with van der Waals surface area (Å²) in [6.45, 7) is 1.90. The van der Waals surface area contributed by atoms with E-state index in [9.17, 15) is 0 Å². The summed E-state index contributed by atoms with van der Waals surface area (Å²) in [4.78, 5) is 0. The van der Waals surface area contributed by atoms with Gasteiger partial charge in [-0.2, -0.15) is 0 Å². The van der Waals surface area contributed by atoms with Crippen LogP contribution in [0.2, 0.25) is 10.0 Å². The van der Waals surface area contributed by atoms with E-state index >= 15 is 0 Å². The van der Waals surface area contributed by atoms with Crippen LogP contribution >= 0.6 is 45.8 Å². The molecule has 1 aromatic carbocycles. The van der Waals surface area contributed by atoms with E-state index in [1.807, 2.05) is 6.92 Å². The minimum absolute atomic E-state index is 0.558. The van der Waals surface area contributed by atoms with Crippen LogP contribution < -0.4 is 5.73 Å². The van der Waals surface area contributed by atoms with E-state index in [1.54, 1.807) is 6.07 Å². The first-order valence-corrected chi connectivity index (χ1v) is 4.77. The number of nitrogen functional groups attached to an aromatic ring is 1. The van der Waals surface area contributed by atoms with E-state index in [4.69, 9.17) is 28.9 Å². The first kappa shape index (κ1) is 9.42. The van der Waals surface area contributed by atoms with Gasteiger partial charge in [0.2, 0.25) is 0 Å². The minimum atomic E-state index is 0.558. The van der Waals surface area contributed by atoms with Gasteiger partial charge in [-0.25, -0.2) is 0 Å². The van der Waals surface area contributed by atoms with Gasteiger partial charge in [0.25, 0.3) is 0 Å². The molecule has 0 fully saturated rings. The molecule has 0 aromatic heterocycles. The highest BCUT2D eigenvalue weighted by Gasteiger charge is 2.07. The molecule has 0 amide bonds. The highest BCUT2D eigenvalue weighted by molar-refractivity contribution is 14.1. The van der Waals surface area contributed by atoms with Crippen LogP contribution in [-0.4, -0.2) is 0 Å². The smallest absolute Gasteiger partial charge is 0.0654 e. The van der Waals surface area contributed by atoms with Crippen LogP contribution in [0.4, 0.5) is 5.69 Å². The summed E-state index contributed by atoms with van der Waals surface area (Å²) in [7, 11) is 0. The molecule has 0 aliphatic carbocycles. The third-order valence-electron chi connectivity index (χ3n) is 1.38. The van der Waals surface area contributed by atoms with Crippen molar-refractivity contribution in [3.05, 3.63) is 25.2 Å². The van der Waals surface area contributed by atoms with Crippen LogP contribution in [0.25, 0.3) is 0 Å². The summed E-state index contributed by atoms with van der Waals surface area (Å²) < 4.78 is 0.828. The predicted octanol–water partition coefficient (Wildman–Crippen LogP) is 3.49. The average Bonchev–Trinajstić information content (AvgIpc) is 1.97. The Kier molecular flexibility index (Phi) is 2.89. The summed E-state index contributed by atoms with van der Waals surface area (Å²) in [6, 6.07) is 1.77. The van der Waals surface area contributed by atoms with Crippen molar-refractivity contribution in [3.63, 3.8) is 0 Å². The van der Waals surface area contributed by atoms with Crippen LogP contribution in [0.5, 0.6) is 0 Å². The first-order chi connectivity index (χ1) is 5.04. The Balaban J connectivity index is 3.46. The maximum Gasteiger partial charge on any atom is 0.0654 e. The number of hydrogen-bond acceptors (Lipinski definition) is 1. The molecule has 0 heterocycles. The second-order valence-corrected chi connectivity index (χ2v) is 4.08. The standard InChI is InChI=1S/C7H6Cl2IN/c1-3-2-4(8)7(11)6(10)5(3)9/h2H,11H2,1H3. The van der Waals surface area contributed by atoms with Gasteiger partial charge in [0.05, 0.1) is 19.3 Å². The number of anilines is 1. The molecule has 4 heteroatoms. The van der Waals surface area contributed by atoms with Crippen LogP contribution in [-0.2, 0) is 0 Å². The van der Waals surface area contributed by atoms with Gasteiger partial charge in [-0.3, -0.25) is 0 Å². The Morgan fingerprint density at radius 1 is 1.45 bits per heavy atom. The molecule has 11 heavy (non-hydrogen) atoms. The van der Waals surface area contributed by atoms with E-state index < -0.39 is 0 Å². The third kappa shape index (κ3) is 1.73. The molecule has 0 atom stereocenters. The summed E-state index contributed by atoms with van der Waals surface area (Å²) in [6.07, 6.45) is 0. The lowest BCUT2D eigenvalue weighted by Gasteiger charge is -2.05. The lowest BCUT2D eigenvalue weighted by atomic mass is 10.2. The largest absolute Gasteiger partial charge is 0.397 e. The molecular weight excluding hydrogens is 296 g/mol. The van der Waals surface area contributed by atoms with Crippen molar-refractivity contribution < 1.29 is 0 Å². The monoisotopic (exact) mass is 301 g/mol. The molecule has 0 unspecified atom stereocenters. The molecule has 0 aliphatic heterocycles. The molecular formula is C7H6Cl2IN. The highest BCUT2D eigenvalue weighted by atomic mass is 127. The van der Waals surface area contributed by atoms with Crippen molar-refractivity contribution in [1.29, 1.82) is 0 Å². The summed E-state index contributed by atoms with van der Waals surface area (Å²) in [5.74, 6) is 0.